The lowest BCUT2D eigenvalue weighted by Gasteiger charge is -2.19. The van der Waals surface area contributed by atoms with E-state index in [1.807, 2.05) is 18.2 Å². The highest BCUT2D eigenvalue weighted by molar-refractivity contribution is 5.73. The molecule has 0 radical (unpaired) electrons. The molecule has 0 aromatic heterocycles. The first kappa shape index (κ1) is 17.7. The predicted molar refractivity (Wildman–Crippen MR) is 89.1 cm³/mol. The summed E-state index contributed by atoms with van der Waals surface area (Å²) in [5.41, 5.74) is 1.54. The smallest absolute Gasteiger partial charge is 0.317 e. The van der Waals surface area contributed by atoms with Gasteiger partial charge in [-0.15, -0.1) is 0 Å². The molecule has 0 aliphatic rings. The third-order valence-electron chi connectivity index (χ3n) is 3.41. The van der Waals surface area contributed by atoms with Crippen LogP contribution in [0.1, 0.15) is 11.1 Å². The number of halogens is 1. The second-order valence-corrected chi connectivity index (χ2v) is 5.32. The van der Waals surface area contributed by atoms with Crippen molar-refractivity contribution in [1.82, 2.24) is 10.2 Å². The Kier molecular flexibility index (Phi) is 6.57. The van der Waals surface area contributed by atoms with Crippen molar-refractivity contribution in [2.75, 3.05) is 20.3 Å². The highest BCUT2D eigenvalue weighted by Crippen LogP contribution is 2.17. The zero-order chi connectivity index (χ0) is 17.4. The zero-order valence-electron chi connectivity index (χ0n) is 13.5. The Morgan fingerprint density at radius 1 is 1.25 bits per heavy atom. The number of hydrogen-bond donors (Lipinski definition) is 2. The number of hydrogen-bond acceptors (Lipinski definition) is 3. The van der Waals surface area contributed by atoms with Crippen LogP contribution in [0.25, 0.3) is 0 Å². The number of aliphatic hydroxyl groups excluding tert-OH is 1. The molecule has 0 saturated heterocycles. The minimum Gasteiger partial charge on any atom is -0.491 e. The van der Waals surface area contributed by atoms with Crippen LogP contribution in [-0.4, -0.2) is 36.3 Å². The normalized spacial score (nSPS) is 10.3. The number of rotatable bonds is 7. The van der Waals surface area contributed by atoms with Crippen LogP contribution in [0.4, 0.5) is 9.18 Å². The lowest BCUT2D eigenvalue weighted by molar-refractivity contribution is 0.198. The SMILES string of the molecule is CN(Cc1cccc(F)c1)C(=O)NCc1ccccc1OCCO. The van der Waals surface area contributed by atoms with Gasteiger partial charge in [0.25, 0.3) is 0 Å². The molecule has 0 heterocycles. The highest BCUT2D eigenvalue weighted by Gasteiger charge is 2.10. The maximum absolute atomic E-state index is 13.2. The van der Waals surface area contributed by atoms with Crippen LogP contribution in [-0.2, 0) is 13.1 Å². The van der Waals surface area contributed by atoms with Gasteiger partial charge in [-0.25, -0.2) is 9.18 Å². The second-order valence-electron chi connectivity index (χ2n) is 5.32. The lowest BCUT2D eigenvalue weighted by atomic mass is 10.2. The van der Waals surface area contributed by atoms with E-state index < -0.39 is 0 Å². The lowest BCUT2D eigenvalue weighted by Crippen LogP contribution is -2.36. The van der Waals surface area contributed by atoms with Crippen molar-refractivity contribution < 1.29 is 19.0 Å². The van der Waals surface area contributed by atoms with Gasteiger partial charge in [-0.1, -0.05) is 30.3 Å². The molecule has 6 heteroatoms. The van der Waals surface area contributed by atoms with Crippen molar-refractivity contribution in [2.45, 2.75) is 13.1 Å². The molecule has 2 aromatic carbocycles. The van der Waals surface area contributed by atoms with Crippen LogP contribution in [0.15, 0.2) is 48.5 Å². The van der Waals surface area contributed by atoms with E-state index in [1.54, 1.807) is 25.2 Å². The van der Waals surface area contributed by atoms with Crippen LogP contribution >= 0.6 is 0 Å². The van der Waals surface area contributed by atoms with Gasteiger partial charge in [-0.2, -0.15) is 0 Å². The van der Waals surface area contributed by atoms with E-state index in [-0.39, 0.29) is 25.1 Å². The predicted octanol–water partition coefficient (Wildman–Crippen LogP) is 2.54. The zero-order valence-corrected chi connectivity index (χ0v) is 13.5. The van der Waals surface area contributed by atoms with Gasteiger partial charge in [0.15, 0.2) is 0 Å². The van der Waals surface area contributed by atoms with Crippen LogP contribution in [0, 0.1) is 5.82 Å². The first-order valence-corrected chi connectivity index (χ1v) is 7.65. The van der Waals surface area contributed by atoms with E-state index in [0.29, 0.717) is 18.8 Å². The van der Waals surface area contributed by atoms with Crippen molar-refractivity contribution in [3.63, 3.8) is 0 Å². The largest absolute Gasteiger partial charge is 0.491 e. The number of nitrogens with zero attached hydrogens (tertiary/aromatic N) is 1. The van der Waals surface area contributed by atoms with E-state index in [2.05, 4.69) is 5.32 Å². The number of nitrogens with one attached hydrogen (secondary N) is 1. The van der Waals surface area contributed by atoms with E-state index in [9.17, 15) is 9.18 Å². The van der Waals surface area contributed by atoms with Crippen molar-refractivity contribution in [3.8, 4) is 5.75 Å². The van der Waals surface area contributed by atoms with Crippen LogP contribution in [0.3, 0.4) is 0 Å². The quantitative estimate of drug-likeness (QED) is 0.819. The van der Waals surface area contributed by atoms with Crippen molar-refractivity contribution in [3.05, 3.63) is 65.5 Å². The average molecular weight is 332 g/mol. The number of para-hydroxylation sites is 1. The Morgan fingerprint density at radius 3 is 2.79 bits per heavy atom. The van der Waals surface area contributed by atoms with Gasteiger partial charge >= 0.3 is 6.03 Å². The number of benzene rings is 2. The minimum absolute atomic E-state index is 0.0724. The number of ether oxygens (including phenoxy) is 1. The molecular formula is C18H21FN2O3. The Labute approximate surface area is 140 Å². The molecule has 24 heavy (non-hydrogen) atoms. The first-order valence-electron chi connectivity index (χ1n) is 7.65. The molecule has 2 rings (SSSR count). The van der Waals surface area contributed by atoms with Gasteiger partial charge in [0, 0.05) is 25.7 Å². The number of carbonyl (C=O) groups is 1. The first-order chi connectivity index (χ1) is 11.6. The fraction of sp³-hybridized carbons (Fsp3) is 0.278. The second kappa shape index (κ2) is 8.88. The van der Waals surface area contributed by atoms with E-state index in [4.69, 9.17) is 9.84 Å². The van der Waals surface area contributed by atoms with Gasteiger partial charge in [0.05, 0.1) is 6.61 Å². The molecule has 0 saturated carbocycles. The topological polar surface area (TPSA) is 61.8 Å². The molecule has 2 amide bonds. The summed E-state index contributed by atoms with van der Waals surface area (Å²) in [5.74, 6) is 0.302. The molecule has 0 spiro atoms. The monoisotopic (exact) mass is 332 g/mol. The minimum atomic E-state index is -0.323. The summed E-state index contributed by atoms with van der Waals surface area (Å²) in [6.45, 7) is 0.738. The molecule has 0 aliphatic carbocycles. The average Bonchev–Trinajstić information content (AvgIpc) is 2.58. The van der Waals surface area contributed by atoms with Crippen molar-refractivity contribution in [1.29, 1.82) is 0 Å². The molecule has 0 fully saturated rings. The summed E-state index contributed by atoms with van der Waals surface area (Å²) < 4.78 is 18.6. The summed E-state index contributed by atoms with van der Waals surface area (Å²) in [4.78, 5) is 13.6. The van der Waals surface area contributed by atoms with Gasteiger partial charge in [-0.05, 0) is 23.8 Å². The Bertz CT molecular complexity index is 679. The van der Waals surface area contributed by atoms with Gasteiger partial charge in [0.2, 0.25) is 0 Å². The summed E-state index contributed by atoms with van der Waals surface area (Å²) >= 11 is 0. The molecule has 5 nitrogen and oxygen atoms in total. The third kappa shape index (κ3) is 5.24. The Morgan fingerprint density at radius 2 is 2.04 bits per heavy atom. The van der Waals surface area contributed by atoms with Gasteiger partial charge in [-0.3, -0.25) is 0 Å². The molecular weight excluding hydrogens is 311 g/mol. The van der Waals surface area contributed by atoms with Crippen LogP contribution < -0.4 is 10.1 Å². The molecule has 0 unspecified atom stereocenters. The van der Waals surface area contributed by atoms with Crippen molar-refractivity contribution in [2.24, 2.45) is 0 Å². The Balaban J connectivity index is 1.90. The van der Waals surface area contributed by atoms with Crippen LogP contribution in [0.5, 0.6) is 5.75 Å². The molecule has 2 N–H and O–H groups in total. The highest BCUT2D eigenvalue weighted by atomic mass is 19.1. The number of urea groups is 1. The number of amides is 2. The Hall–Kier alpha value is -2.60. The fourth-order valence-corrected chi connectivity index (χ4v) is 2.23. The maximum atomic E-state index is 13.2. The summed E-state index contributed by atoms with van der Waals surface area (Å²) in [7, 11) is 1.65. The fourth-order valence-electron chi connectivity index (χ4n) is 2.23. The molecule has 0 bridgehead atoms. The van der Waals surface area contributed by atoms with Crippen molar-refractivity contribution >= 4 is 6.03 Å². The molecule has 2 aromatic rings. The molecule has 0 atom stereocenters. The van der Waals surface area contributed by atoms with Gasteiger partial charge in [0.1, 0.15) is 18.2 Å². The summed E-state index contributed by atoms with van der Waals surface area (Å²) in [6, 6.07) is 13.2. The standard InChI is InChI=1S/C18H21FN2O3/c1-21(13-14-5-4-7-16(19)11-14)18(23)20-12-15-6-2-3-8-17(15)24-10-9-22/h2-8,11,22H,9-10,12-13H2,1H3,(H,20,23). The molecule has 0 aliphatic heterocycles. The number of aliphatic hydroxyl groups is 1. The summed E-state index contributed by atoms with van der Waals surface area (Å²) in [6.07, 6.45) is 0. The van der Waals surface area contributed by atoms with Crippen LogP contribution in [0.2, 0.25) is 0 Å². The third-order valence-corrected chi connectivity index (χ3v) is 3.41. The maximum Gasteiger partial charge on any atom is 0.317 e. The van der Waals surface area contributed by atoms with E-state index in [0.717, 1.165) is 11.1 Å². The van der Waals surface area contributed by atoms with E-state index in [1.165, 1.54) is 17.0 Å². The molecule has 128 valence electrons. The van der Waals surface area contributed by atoms with E-state index >= 15 is 0 Å². The van der Waals surface area contributed by atoms with Gasteiger partial charge < -0.3 is 20.1 Å². The number of carbonyl (C=O) groups excluding carboxylic acids is 1. The summed E-state index contributed by atoms with van der Waals surface area (Å²) in [5, 5.41) is 11.6.